The van der Waals surface area contributed by atoms with Crippen molar-refractivity contribution in [1.29, 1.82) is 0 Å². The van der Waals surface area contributed by atoms with Crippen molar-refractivity contribution in [1.82, 2.24) is 5.32 Å². The molecule has 1 aliphatic rings. The predicted molar refractivity (Wildman–Crippen MR) is 132 cm³/mol. The summed E-state index contributed by atoms with van der Waals surface area (Å²) < 4.78 is 11.1. The van der Waals surface area contributed by atoms with Crippen molar-refractivity contribution in [2.45, 2.75) is 51.6 Å². The molecule has 1 fully saturated rings. The Morgan fingerprint density at radius 3 is 2.26 bits per heavy atom. The Bertz CT molecular complexity index is 1000. The predicted octanol–water partition coefficient (Wildman–Crippen LogP) is 5.89. The molecule has 2 aromatic carbocycles. The van der Waals surface area contributed by atoms with Gasteiger partial charge in [-0.25, -0.2) is 0 Å². The number of Topliss-reactive ketones (excluding diaryl/α,β-unsaturated/α-hetero) is 1. The Balaban J connectivity index is 1.38. The first-order valence-electron chi connectivity index (χ1n) is 11.6. The van der Waals surface area contributed by atoms with Crippen molar-refractivity contribution in [3.05, 3.63) is 63.6 Å². The highest BCUT2D eigenvalue weighted by atomic mass is 35.5. The van der Waals surface area contributed by atoms with Crippen LogP contribution in [0.1, 0.15) is 66.2 Å². The summed E-state index contributed by atoms with van der Waals surface area (Å²) >= 11 is 11.8. The first kappa shape index (κ1) is 26.0. The number of rotatable bonds is 10. The summed E-state index contributed by atoms with van der Waals surface area (Å²) in [5.74, 6) is 0.311. The van der Waals surface area contributed by atoms with Crippen molar-refractivity contribution in [2.75, 3.05) is 13.2 Å². The molecule has 0 heterocycles. The van der Waals surface area contributed by atoms with Gasteiger partial charge in [-0.1, -0.05) is 23.2 Å². The molecule has 0 aliphatic heterocycles. The van der Waals surface area contributed by atoms with Gasteiger partial charge in [0.2, 0.25) is 0 Å². The Labute approximate surface area is 209 Å². The first-order chi connectivity index (χ1) is 16.4. The van der Waals surface area contributed by atoms with E-state index in [4.69, 9.17) is 32.7 Å². The maximum Gasteiger partial charge on any atom is 0.308 e. The topological polar surface area (TPSA) is 81.7 Å². The third-order valence-electron chi connectivity index (χ3n) is 5.82. The molecule has 2 aromatic rings. The van der Waals surface area contributed by atoms with Gasteiger partial charge in [-0.3, -0.25) is 14.4 Å². The van der Waals surface area contributed by atoms with Gasteiger partial charge in [-0.15, -0.1) is 0 Å². The quantitative estimate of drug-likeness (QED) is 0.247. The lowest BCUT2D eigenvalue weighted by Gasteiger charge is -2.27. The number of esters is 1. The molecule has 0 spiro atoms. The number of carbonyl (C=O) groups is 3. The van der Waals surface area contributed by atoms with E-state index in [9.17, 15) is 14.4 Å². The van der Waals surface area contributed by atoms with Crippen LogP contribution in [0.25, 0.3) is 0 Å². The number of amides is 1. The zero-order valence-electron chi connectivity index (χ0n) is 19.2. The molecule has 0 atom stereocenters. The van der Waals surface area contributed by atoms with Gasteiger partial charge < -0.3 is 14.8 Å². The Morgan fingerprint density at radius 2 is 1.62 bits per heavy atom. The third-order valence-corrected chi connectivity index (χ3v) is 6.56. The summed E-state index contributed by atoms with van der Waals surface area (Å²) in [6.45, 7) is 2.60. The van der Waals surface area contributed by atoms with Crippen LogP contribution in [0, 0.1) is 5.92 Å². The van der Waals surface area contributed by atoms with E-state index in [0.717, 1.165) is 25.7 Å². The molecule has 0 aromatic heterocycles. The van der Waals surface area contributed by atoms with E-state index in [0.29, 0.717) is 52.9 Å². The lowest BCUT2D eigenvalue weighted by atomic mass is 9.87. The summed E-state index contributed by atoms with van der Waals surface area (Å²) in [7, 11) is 0. The second-order valence-corrected chi connectivity index (χ2v) is 9.09. The minimum Gasteiger partial charge on any atom is -0.490 e. The zero-order chi connectivity index (χ0) is 24.5. The Morgan fingerprint density at radius 1 is 0.941 bits per heavy atom. The highest BCUT2D eigenvalue weighted by molar-refractivity contribution is 6.42. The van der Waals surface area contributed by atoms with Crippen molar-refractivity contribution >= 4 is 40.9 Å². The maximum absolute atomic E-state index is 12.5. The second-order valence-electron chi connectivity index (χ2n) is 8.28. The van der Waals surface area contributed by atoms with Gasteiger partial charge in [-0.2, -0.15) is 0 Å². The molecule has 1 amide bonds. The van der Waals surface area contributed by atoms with Gasteiger partial charge in [0.15, 0.2) is 5.78 Å². The monoisotopic (exact) mass is 505 g/mol. The van der Waals surface area contributed by atoms with E-state index < -0.39 is 0 Å². The molecule has 0 bridgehead atoms. The molecule has 0 radical (unpaired) electrons. The highest BCUT2D eigenvalue weighted by Gasteiger charge is 2.28. The average Bonchev–Trinajstić information content (AvgIpc) is 2.84. The molecule has 34 heavy (non-hydrogen) atoms. The molecule has 1 N–H and O–H groups in total. The van der Waals surface area contributed by atoms with Gasteiger partial charge in [0.1, 0.15) is 5.75 Å². The smallest absolute Gasteiger partial charge is 0.308 e. The van der Waals surface area contributed by atoms with E-state index in [-0.39, 0.29) is 29.7 Å². The molecular formula is C26H29Cl2NO5. The van der Waals surface area contributed by atoms with E-state index in [1.807, 2.05) is 6.92 Å². The first-order valence-corrected chi connectivity index (χ1v) is 12.3. The number of ketones is 1. The van der Waals surface area contributed by atoms with Crippen molar-refractivity contribution < 1.29 is 23.9 Å². The van der Waals surface area contributed by atoms with Crippen molar-refractivity contribution in [3.8, 4) is 5.75 Å². The fourth-order valence-corrected chi connectivity index (χ4v) is 4.22. The van der Waals surface area contributed by atoms with Crippen LogP contribution in [0.15, 0.2) is 42.5 Å². The van der Waals surface area contributed by atoms with Crippen LogP contribution in [0.2, 0.25) is 10.0 Å². The van der Waals surface area contributed by atoms with Gasteiger partial charge in [0.25, 0.3) is 5.91 Å². The minimum absolute atomic E-state index is 0.00489. The Hall–Kier alpha value is -2.57. The van der Waals surface area contributed by atoms with Crippen LogP contribution in [0.5, 0.6) is 5.75 Å². The third kappa shape index (κ3) is 7.47. The van der Waals surface area contributed by atoms with E-state index >= 15 is 0 Å². The normalized spacial score (nSPS) is 17.6. The molecule has 3 rings (SSSR count). The number of ether oxygens (including phenoxy) is 2. The molecule has 1 aliphatic carbocycles. The summed E-state index contributed by atoms with van der Waals surface area (Å²) in [5, 5.41) is 3.49. The van der Waals surface area contributed by atoms with Crippen LogP contribution in [-0.4, -0.2) is 36.9 Å². The van der Waals surface area contributed by atoms with Crippen LogP contribution < -0.4 is 10.1 Å². The van der Waals surface area contributed by atoms with Crippen LogP contribution >= 0.6 is 23.2 Å². The van der Waals surface area contributed by atoms with E-state index in [2.05, 4.69) is 5.32 Å². The van der Waals surface area contributed by atoms with Crippen molar-refractivity contribution in [3.63, 3.8) is 0 Å². The van der Waals surface area contributed by atoms with Crippen LogP contribution in [0.3, 0.4) is 0 Å². The standard InChI is InChI=1S/C26H29Cl2NO5/c1-2-33-26(32)18-7-12-21(13-8-18)34-20-10-5-17(6-11-20)24(30)4-3-15-29-25(31)19-9-14-22(27)23(28)16-19/h5-6,9-11,14,16,18,21H,2-4,7-8,12-13,15H2,1H3,(H,29,31). The van der Waals surface area contributed by atoms with Gasteiger partial charge in [-0.05, 0) is 81.5 Å². The fourth-order valence-electron chi connectivity index (χ4n) is 3.92. The number of benzene rings is 2. The SMILES string of the molecule is CCOC(=O)C1CCC(Oc2ccc(C(=O)CCCNC(=O)c3ccc(Cl)c(Cl)c3)cc2)CC1. The lowest BCUT2D eigenvalue weighted by Crippen LogP contribution is -2.29. The molecule has 6 nitrogen and oxygen atoms in total. The number of carbonyl (C=O) groups excluding carboxylic acids is 3. The number of halogens is 2. The number of nitrogens with one attached hydrogen (secondary N) is 1. The van der Waals surface area contributed by atoms with Gasteiger partial charge in [0.05, 0.1) is 28.7 Å². The largest absolute Gasteiger partial charge is 0.490 e. The summed E-state index contributed by atoms with van der Waals surface area (Å²) in [5.41, 5.74) is 1.03. The average molecular weight is 506 g/mol. The molecule has 0 unspecified atom stereocenters. The molecule has 0 saturated heterocycles. The van der Waals surface area contributed by atoms with Gasteiger partial charge in [0, 0.05) is 24.1 Å². The molecule has 8 heteroatoms. The van der Waals surface area contributed by atoms with Crippen molar-refractivity contribution in [2.24, 2.45) is 5.92 Å². The Kier molecular flexibility index (Phi) is 9.78. The summed E-state index contributed by atoms with van der Waals surface area (Å²) in [6.07, 6.45) is 4.04. The fraction of sp³-hybridized carbons (Fsp3) is 0.423. The van der Waals surface area contributed by atoms with Gasteiger partial charge >= 0.3 is 5.97 Å². The molecule has 182 valence electrons. The van der Waals surface area contributed by atoms with Crippen LogP contribution in [-0.2, 0) is 9.53 Å². The number of hydrogen-bond acceptors (Lipinski definition) is 5. The second kappa shape index (κ2) is 12.8. The van der Waals surface area contributed by atoms with Crippen LogP contribution in [0.4, 0.5) is 0 Å². The maximum atomic E-state index is 12.5. The lowest BCUT2D eigenvalue weighted by molar-refractivity contribution is -0.149. The summed E-state index contributed by atoms with van der Waals surface area (Å²) in [4.78, 5) is 36.5. The molecule has 1 saturated carbocycles. The summed E-state index contributed by atoms with van der Waals surface area (Å²) in [6, 6.07) is 11.8. The van der Waals surface area contributed by atoms with E-state index in [1.165, 1.54) is 6.07 Å². The number of hydrogen-bond donors (Lipinski definition) is 1. The zero-order valence-corrected chi connectivity index (χ0v) is 20.7. The minimum atomic E-state index is -0.260. The molecular weight excluding hydrogens is 477 g/mol. The highest BCUT2D eigenvalue weighted by Crippen LogP contribution is 2.29. The van der Waals surface area contributed by atoms with E-state index in [1.54, 1.807) is 36.4 Å².